The van der Waals surface area contributed by atoms with Crippen molar-refractivity contribution in [2.45, 2.75) is 0 Å². The second kappa shape index (κ2) is 6.76. The molecule has 0 atom stereocenters. The molecule has 0 fully saturated rings. The van der Waals surface area contributed by atoms with E-state index in [1.807, 2.05) is 18.2 Å². The van der Waals surface area contributed by atoms with E-state index < -0.39 is 0 Å². The third-order valence-corrected chi connectivity index (χ3v) is 4.40. The van der Waals surface area contributed by atoms with Gasteiger partial charge in [-0.25, -0.2) is 4.98 Å². The molecular formula is C17H16N2O4S. The van der Waals surface area contributed by atoms with Gasteiger partial charge in [0.2, 0.25) is 0 Å². The number of hydrogen-bond acceptors (Lipinski definition) is 6. The molecule has 0 bridgehead atoms. The van der Waals surface area contributed by atoms with Gasteiger partial charge in [-0.05, 0) is 36.4 Å². The molecule has 6 nitrogen and oxygen atoms in total. The number of anilines is 1. The maximum absolute atomic E-state index is 12.6. The van der Waals surface area contributed by atoms with Crippen molar-refractivity contribution in [3.8, 4) is 17.2 Å². The summed E-state index contributed by atoms with van der Waals surface area (Å²) in [6, 6.07) is 10.6. The van der Waals surface area contributed by atoms with Gasteiger partial charge < -0.3 is 14.2 Å². The molecule has 7 heteroatoms. The Balaban J connectivity index is 1.89. The van der Waals surface area contributed by atoms with Crippen LogP contribution in [0.15, 0.2) is 36.4 Å². The van der Waals surface area contributed by atoms with Crippen molar-refractivity contribution in [3.63, 3.8) is 0 Å². The Kier molecular flexibility index (Phi) is 4.52. The van der Waals surface area contributed by atoms with Crippen molar-refractivity contribution < 1.29 is 19.0 Å². The third-order valence-electron chi connectivity index (χ3n) is 3.47. The quantitative estimate of drug-likeness (QED) is 0.766. The van der Waals surface area contributed by atoms with Crippen LogP contribution < -0.4 is 19.5 Å². The Morgan fingerprint density at radius 1 is 1.00 bits per heavy atom. The highest BCUT2D eigenvalue weighted by Gasteiger charge is 2.16. The van der Waals surface area contributed by atoms with Crippen LogP contribution >= 0.6 is 11.3 Å². The van der Waals surface area contributed by atoms with E-state index in [9.17, 15) is 4.79 Å². The highest BCUT2D eigenvalue weighted by Crippen LogP contribution is 2.30. The monoisotopic (exact) mass is 344 g/mol. The van der Waals surface area contributed by atoms with Crippen molar-refractivity contribution in [2.75, 3.05) is 26.6 Å². The number of carbonyl (C=O) groups excluding carboxylic acids is 1. The minimum atomic E-state index is -0.309. The average molecular weight is 344 g/mol. The molecule has 0 radical (unpaired) electrons. The van der Waals surface area contributed by atoms with E-state index in [2.05, 4.69) is 10.3 Å². The van der Waals surface area contributed by atoms with Gasteiger partial charge in [0.1, 0.15) is 17.2 Å². The predicted molar refractivity (Wildman–Crippen MR) is 93.7 cm³/mol. The van der Waals surface area contributed by atoms with Gasteiger partial charge in [-0.2, -0.15) is 0 Å². The lowest BCUT2D eigenvalue weighted by atomic mass is 10.2. The van der Waals surface area contributed by atoms with Gasteiger partial charge in [0.25, 0.3) is 5.91 Å². The molecule has 1 amide bonds. The van der Waals surface area contributed by atoms with Crippen molar-refractivity contribution in [1.29, 1.82) is 0 Å². The van der Waals surface area contributed by atoms with E-state index in [0.717, 1.165) is 16.0 Å². The normalized spacial score (nSPS) is 10.5. The van der Waals surface area contributed by atoms with Crippen LogP contribution in [0.25, 0.3) is 10.2 Å². The van der Waals surface area contributed by atoms with Crippen LogP contribution in [0.1, 0.15) is 10.4 Å². The van der Waals surface area contributed by atoms with Crippen LogP contribution in [0.5, 0.6) is 17.2 Å². The zero-order valence-corrected chi connectivity index (χ0v) is 14.3. The number of fused-ring (bicyclic) bond motifs is 1. The first kappa shape index (κ1) is 16.1. The smallest absolute Gasteiger partial charge is 0.261 e. The lowest BCUT2D eigenvalue weighted by Crippen LogP contribution is -2.13. The number of hydrogen-bond donors (Lipinski definition) is 1. The molecular weight excluding hydrogens is 328 g/mol. The molecule has 0 saturated heterocycles. The van der Waals surface area contributed by atoms with Crippen LogP contribution in [0.2, 0.25) is 0 Å². The average Bonchev–Trinajstić information content (AvgIpc) is 3.02. The summed E-state index contributed by atoms with van der Waals surface area (Å²) >= 11 is 1.38. The van der Waals surface area contributed by atoms with Gasteiger partial charge >= 0.3 is 0 Å². The van der Waals surface area contributed by atoms with E-state index >= 15 is 0 Å². The molecule has 24 heavy (non-hydrogen) atoms. The Morgan fingerprint density at radius 2 is 1.71 bits per heavy atom. The van der Waals surface area contributed by atoms with Crippen LogP contribution in [-0.4, -0.2) is 32.2 Å². The molecule has 3 rings (SSSR count). The predicted octanol–water partition coefficient (Wildman–Crippen LogP) is 3.57. The third kappa shape index (κ3) is 3.11. The lowest BCUT2D eigenvalue weighted by molar-refractivity contribution is 0.102. The number of nitrogens with zero attached hydrogens (tertiary/aromatic N) is 1. The van der Waals surface area contributed by atoms with Crippen molar-refractivity contribution in [1.82, 2.24) is 4.98 Å². The SMILES string of the molecule is COc1ccc(OC)c(C(=O)Nc2nc3ccc(OC)cc3s2)c1. The summed E-state index contributed by atoms with van der Waals surface area (Å²) in [4.78, 5) is 17.0. The maximum atomic E-state index is 12.6. The van der Waals surface area contributed by atoms with Crippen molar-refractivity contribution in [2.24, 2.45) is 0 Å². The minimum Gasteiger partial charge on any atom is -0.497 e. The summed E-state index contributed by atoms with van der Waals surface area (Å²) in [6.45, 7) is 0. The molecule has 1 N–H and O–H groups in total. The summed E-state index contributed by atoms with van der Waals surface area (Å²) < 4.78 is 16.5. The Labute approximate surface area is 143 Å². The fourth-order valence-corrected chi connectivity index (χ4v) is 3.13. The van der Waals surface area contributed by atoms with Gasteiger partial charge in [0.15, 0.2) is 5.13 Å². The summed E-state index contributed by atoms with van der Waals surface area (Å²) in [5.41, 5.74) is 1.18. The maximum Gasteiger partial charge on any atom is 0.261 e. The molecule has 0 aliphatic carbocycles. The summed E-state index contributed by atoms with van der Waals surface area (Å²) in [5, 5.41) is 3.31. The summed E-state index contributed by atoms with van der Waals surface area (Å²) in [6.07, 6.45) is 0. The molecule has 0 unspecified atom stereocenters. The number of aromatic nitrogens is 1. The van der Waals surface area contributed by atoms with Gasteiger partial charge in [0, 0.05) is 0 Å². The van der Waals surface area contributed by atoms with Gasteiger partial charge in [-0.3, -0.25) is 10.1 Å². The van der Waals surface area contributed by atoms with E-state index in [0.29, 0.717) is 22.2 Å². The van der Waals surface area contributed by atoms with Gasteiger partial charge in [-0.15, -0.1) is 0 Å². The van der Waals surface area contributed by atoms with Crippen LogP contribution in [0.3, 0.4) is 0 Å². The Morgan fingerprint density at radius 3 is 2.42 bits per heavy atom. The molecule has 0 aliphatic rings. The highest BCUT2D eigenvalue weighted by atomic mass is 32.1. The zero-order chi connectivity index (χ0) is 17.1. The molecule has 124 valence electrons. The molecule has 1 aromatic heterocycles. The number of carbonyl (C=O) groups is 1. The fourth-order valence-electron chi connectivity index (χ4n) is 2.24. The molecule has 2 aromatic carbocycles. The number of amides is 1. The van der Waals surface area contributed by atoms with E-state index in [-0.39, 0.29) is 5.91 Å². The number of benzene rings is 2. The Hall–Kier alpha value is -2.80. The number of methoxy groups -OCH3 is 3. The molecule has 0 spiro atoms. The first-order valence-corrected chi connectivity index (χ1v) is 7.94. The van der Waals surface area contributed by atoms with Crippen LogP contribution in [-0.2, 0) is 0 Å². The standard InChI is InChI=1S/C17H16N2O4S/c1-21-10-5-7-14(23-3)12(8-10)16(20)19-17-18-13-6-4-11(22-2)9-15(13)24-17/h4-9H,1-3H3,(H,18,19,20). The minimum absolute atomic E-state index is 0.309. The van der Waals surface area contributed by atoms with Crippen molar-refractivity contribution >= 4 is 32.6 Å². The van der Waals surface area contributed by atoms with Gasteiger partial charge in [0.05, 0.1) is 37.1 Å². The highest BCUT2D eigenvalue weighted by molar-refractivity contribution is 7.22. The fraction of sp³-hybridized carbons (Fsp3) is 0.176. The largest absolute Gasteiger partial charge is 0.497 e. The number of nitrogens with one attached hydrogen (secondary N) is 1. The topological polar surface area (TPSA) is 69.7 Å². The summed E-state index contributed by atoms with van der Waals surface area (Å²) in [7, 11) is 4.67. The van der Waals surface area contributed by atoms with E-state index in [4.69, 9.17) is 14.2 Å². The number of thiazole rings is 1. The van der Waals surface area contributed by atoms with E-state index in [1.54, 1.807) is 32.4 Å². The van der Waals surface area contributed by atoms with Gasteiger partial charge in [-0.1, -0.05) is 11.3 Å². The van der Waals surface area contributed by atoms with Crippen LogP contribution in [0, 0.1) is 0 Å². The number of rotatable bonds is 5. The first-order valence-electron chi connectivity index (χ1n) is 7.12. The molecule has 0 aliphatic heterocycles. The second-order valence-corrected chi connectivity index (χ2v) is 5.90. The van der Waals surface area contributed by atoms with E-state index in [1.165, 1.54) is 18.4 Å². The molecule has 0 saturated carbocycles. The first-order chi connectivity index (χ1) is 11.6. The second-order valence-electron chi connectivity index (χ2n) is 4.87. The van der Waals surface area contributed by atoms with Crippen LogP contribution in [0.4, 0.5) is 5.13 Å². The zero-order valence-electron chi connectivity index (χ0n) is 13.5. The number of ether oxygens (including phenoxy) is 3. The van der Waals surface area contributed by atoms with Crippen molar-refractivity contribution in [3.05, 3.63) is 42.0 Å². The molecule has 3 aromatic rings. The lowest BCUT2D eigenvalue weighted by Gasteiger charge is -2.09. The summed E-state index contributed by atoms with van der Waals surface area (Å²) in [5.74, 6) is 1.49. The molecule has 1 heterocycles. The Bertz CT molecular complexity index is 891.